The Labute approximate surface area is 106 Å². The molecule has 2 aliphatic carbocycles. The van der Waals surface area contributed by atoms with Crippen molar-refractivity contribution >= 4 is 0 Å². The Morgan fingerprint density at radius 1 is 1.35 bits per heavy atom. The standard InChI is InChI=1S/C15H29NO/c1-5-6-12(10-16)17-13-9-11-7-8-15(13,4)14(11,2)3/h11-13H,5-10,16H2,1-4H3. The normalized spacial score (nSPS) is 40.8. The zero-order valence-corrected chi connectivity index (χ0v) is 12.0. The Morgan fingerprint density at radius 3 is 2.47 bits per heavy atom. The lowest BCUT2D eigenvalue weighted by Gasteiger charge is -2.40. The van der Waals surface area contributed by atoms with Crippen LogP contribution in [0.15, 0.2) is 0 Å². The molecule has 0 spiro atoms. The van der Waals surface area contributed by atoms with Crippen molar-refractivity contribution in [1.82, 2.24) is 0 Å². The Bertz CT molecular complexity index is 276. The van der Waals surface area contributed by atoms with Gasteiger partial charge in [-0.25, -0.2) is 0 Å². The van der Waals surface area contributed by atoms with E-state index >= 15 is 0 Å². The molecule has 0 radical (unpaired) electrons. The van der Waals surface area contributed by atoms with Crippen LogP contribution in [0.3, 0.4) is 0 Å². The van der Waals surface area contributed by atoms with Crippen molar-refractivity contribution < 1.29 is 4.74 Å². The first-order valence-electron chi connectivity index (χ1n) is 7.31. The second-order valence-corrected chi connectivity index (χ2v) is 6.88. The molecule has 100 valence electrons. The van der Waals surface area contributed by atoms with Crippen LogP contribution in [0, 0.1) is 16.7 Å². The smallest absolute Gasteiger partial charge is 0.0701 e. The highest BCUT2D eigenvalue weighted by Crippen LogP contribution is 2.66. The summed E-state index contributed by atoms with van der Waals surface area (Å²) < 4.78 is 6.35. The lowest BCUT2D eigenvalue weighted by atomic mass is 9.70. The Hall–Kier alpha value is -0.0800. The minimum Gasteiger partial charge on any atom is -0.373 e. The van der Waals surface area contributed by atoms with Crippen LogP contribution < -0.4 is 5.73 Å². The highest BCUT2D eigenvalue weighted by atomic mass is 16.5. The number of ether oxygens (including phenoxy) is 1. The van der Waals surface area contributed by atoms with Crippen molar-refractivity contribution in [3.05, 3.63) is 0 Å². The molecule has 0 saturated heterocycles. The van der Waals surface area contributed by atoms with E-state index in [9.17, 15) is 0 Å². The summed E-state index contributed by atoms with van der Waals surface area (Å²) in [5.41, 5.74) is 6.64. The summed E-state index contributed by atoms with van der Waals surface area (Å²) in [5, 5.41) is 0. The monoisotopic (exact) mass is 239 g/mol. The summed E-state index contributed by atoms with van der Waals surface area (Å²) >= 11 is 0. The average Bonchev–Trinajstić information content (AvgIpc) is 2.61. The fourth-order valence-electron chi connectivity index (χ4n) is 4.13. The van der Waals surface area contributed by atoms with Gasteiger partial charge in [-0.1, -0.05) is 34.1 Å². The van der Waals surface area contributed by atoms with Gasteiger partial charge in [-0.15, -0.1) is 0 Å². The van der Waals surface area contributed by atoms with Crippen LogP contribution in [0.25, 0.3) is 0 Å². The van der Waals surface area contributed by atoms with E-state index in [2.05, 4.69) is 27.7 Å². The van der Waals surface area contributed by atoms with E-state index in [1.54, 1.807) is 0 Å². The molecule has 0 amide bonds. The van der Waals surface area contributed by atoms with E-state index in [1.165, 1.54) is 19.3 Å². The largest absolute Gasteiger partial charge is 0.373 e. The van der Waals surface area contributed by atoms with Crippen LogP contribution in [0.2, 0.25) is 0 Å². The number of hydrogen-bond acceptors (Lipinski definition) is 2. The van der Waals surface area contributed by atoms with Gasteiger partial charge in [0.1, 0.15) is 0 Å². The molecule has 2 saturated carbocycles. The summed E-state index contributed by atoms with van der Waals surface area (Å²) in [5.74, 6) is 0.859. The van der Waals surface area contributed by atoms with E-state index in [0.717, 1.165) is 18.8 Å². The topological polar surface area (TPSA) is 35.2 Å². The summed E-state index contributed by atoms with van der Waals surface area (Å²) in [6.07, 6.45) is 6.97. The van der Waals surface area contributed by atoms with Crippen molar-refractivity contribution in [1.29, 1.82) is 0 Å². The highest BCUT2D eigenvalue weighted by Gasteiger charge is 2.62. The minimum absolute atomic E-state index is 0.275. The number of hydrogen-bond donors (Lipinski definition) is 1. The van der Waals surface area contributed by atoms with Crippen molar-refractivity contribution in [3.63, 3.8) is 0 Å². The molecule has 4 atom stereocenters. The van der Waals surface area contributed by atoms with Gasteiger partial charge in [-0.3, -0.25) is 0 Å². The maximum Gasteiger partial charge on any atom is 0.0701 e. The fraction of sp³-hybridized carbons (Fsp3) is 1.00. The number of fused-ring (bicyclic) bond motifs is 2. The van der Waals surface area contributed by atoms with Crippen LogP contribution in [-0.4, -0.2) is 18.8 Å². The van der Waals surface area contributed by atoms with Crippen LogP contribution >= 0.6 is 0 Å². The molecule has 2 rings (SSSR count). The van der Waals surface area contributed by atoms with Gasteiger partial charge in [-0.05, 0) is 42.4 Å². The minimum atomic E-state index is 0.275. The molecular weight excluding hydrogens is 210 g/mol. The van der Waals surface area contributed by atoms with Gasteiger partial charge >= 0.3 is 0 Å². The number of nitrogens with two attached hydrogens (primary N) is 1. The molecule has 0 heterocycles. The van der Waals surface area contributed by atoms with E-state index in [4.69, 9.17) is 10.5 Å². The second kappa shape index (κ2) is 4.55. The van der Waals surface area contributed by atoms with Gasteiger partial charge in [0, 0.05) is 6.54 Å². The molecule has 2 aliphatic rings. The van der Waals surface area contributed by atoms with Crippen LogP contribution in [0.1, 0.15) is 59.8 Å². The first-order chi connectivity index (χ1) is 7.95. The van der Waals surface area contributed by atoms with Crippen molar-refractivity contribution in [2.24, 2.45) is 22.5 Å². The zero-order chi connectivity index (χ0) is 12.7. The molecule has 0 aliphatic heterocycles. The third-order valence-electron chi connectivity index (χ3n) is 5.94. The van der Waals surface area contributed by atoms with Gasteiger partial charge in [0.25, 0.3) is 0 Å². The lowest BCUT2D eigenvalue weighted by molar-refractivity contribution is -0.0854. The Kier molecular flexibility index (Phi) is 3.57. The van der Waals surface area contributed by atoms with Gasteiger partial charge < -0.3 is 10.5 Å². The SMILES string of the molecule is CCCC(CN)OC1CC2CCC1(C)C2(C)C. The average molecular weight is 239 g/mol. The van der Waals surface area contributed by atoms with E-state index < -0.39 is 0 Å². The zero-order valence-electron chi connectivity index (χ0n) is 12.0. The molecule has 0 aromatic heterocycles. The highest BCUT2D eigenvalue weighted by molar-refractivity contribution is 5.11. The Balaban J connectivity index is 2.05. The molecule has 17 heavy (non-hydrogen) atoms. The van der Waals surface area contributed by atoms with Crippen LogP contribution in [-0.2, 0) is 4.74 Å². The number of rotatable bonds is 5. The molecule has 2 nitrogen and oxygen atoms in total. The quantitative estimate of drug-likeness (QED) is 0.798. The van der Waals surface area contributed by atoms with E-state index in [0.29, 0.717) is 23.5 Å². The fourth-order valence-corrected chi connectivity index (χ4v) is 4.13. The van der Waals surface area contributed by atoms with Gasteiger partial charge in [0.05, 0.1) is 12.2 Å². The van der Waals surface area contributed by atoms with Crippen LogP contribution in [0.4, 0.5) is 0 Å². The predicted octanol–water partition coefficient (Wildman–Crippen LogP) is 3.35. The molecule has 2 bridgehead atoms. The summed E-state index contributed by atoms with van der Waals surface area (Å²) in [6, 6.07) is 0. The summed E-state index contributed by atoms with van der Waals surface area (Å²) in [4.78, 5) is 0. The summed E-state index contributed by atoms with van der Waals surface area (Å²) in [7, 11) is 0. The van der Waals surface area contributed by atoms with E-state index in [-0.39, 0.29) is 6.10 Å². The molecule has 0 aromatic rings. The van der Waals surface area contributed by atoms with Crippen molar-refractivity contribution in [2.75, 3.05) is 6.54 Å². The first-order valence-corrected chi connectivity index (χ1v) is 7.31. The molecule has 0 aromatic carbocycles. The summed E-state index contributed by atoms with van der Waals surface area (Å²) in [6.45, 7) is 10.2. The van der Waals surface area contributed by atoms with Gasteiger partial charge in [-0.2, -0.15) is 0 Å². The van der Waals surface area contributed by atoms with Crippen molar-refractivity contribution in [3.8, 4) is 0 Å². The lowest BCUT2D eigenvalue weighted by Crippen LogP contribution is -2.40. The van der Waals surface area contributed by atoms with Crippen LogP contribution in [0.5, 0.6) is 0 Å². The third kappa shape index (κ3) is 1.94. The predicted molar refractivity (Wildman–Crippen MR) is 71.9 cm³/mol. The maximum atomic E-state index is 6.35. The van der Waals surface area contributed by atoms with Crippen molar-refractivity contribution in [2.45, 2.75) is 72.0 Å². The molecular formula is C15H29NO. The van der Waals surface area contributed by atoms with E-state index in [1.807, 2.05) is 0 Å². The van der Waals surface area contributed by atoms with Gasteiger partial charge in [0.15, 0.2) is 0 Å². The maximum absolute atomic E-state index is 6.35. The molecule has 2 heteroatoms. The molecule has 4 unspecified atom stereocenters. The third-order valence-corrected chi connectivity index (χ3v) is 5.94. The van der Waals surface area contributed by atoms with Gasteiger partial charge in [0.2, 0.25) is 0 Å². The molecule has 2 fully saturated rings. The second-order valence-electron chi connectivity index (χ2n) is 6.88. The molecule has 2 N–H and O–H groups in total. The first kappa shape index (κ1) is 13.4. The Morgan fingerprint density at radius 2 is 2.06 bits per heavy atom.